The Bertz CT molecular complexity index is 559. The van der Waals surface area contributed by atoms with Gasteiger partial charge in [0, 0.05) is 19.8 Å². The molecule has 0 aliphatic carbocycles. The SMILES string of the molecule is Cc1ccc(C(CNC(=O)C(N)C2CCOCC2)N2CCCC2)cc1.Cl.Cl. The van der Waals surface area contributed by atoms with Gasteiger partial charge >= 0.3 is 0 Å². The van der Waals surface area contributed by atoms with E-state index >= 15 is 0 Å². The molecule has 2 atom stereocenters. The molecular weight excluding hydrogens is 385 g/mol. The van der Waals surface area contributed by atoms with E-state index in [1.165, 1.54) is 24.0 Å². The zero-order valence-electron chi connectivity index (χ0n) is 16.1. The molecule has 0 spiro atoms. The van der Waals surface area contributed by atoms with Gasteiger partial charge in [-0.05, 0) is 57.2 Å². The van der Waals surface area contributed by atoms with Crippen molar-refractivity contribution in [1.82, 2.24) is 10.2 Å². The number of benzene rings is 1. The van der Waals surface area contributed by atoms with Crippen LogP contribution in [0.15, 0.2) is 24.3 Å². The molecule has 0 bridgehead atoms. The number of ether oxygens (including phenoxy) is 1. The van der Waals surface area contributed by atoms with Crippen molar-refractivity contribution in [2.24, 2.45) is 11.7 Å². The van der Waals surface area contributed by atoms with Crippen molar-refractivity contribution in [3.05, 3.63) is 35.4 Å². The predicted molar refractivity (Wildman–Crippen MR) is 114 cm³/mol. The number of hydrogen-bond acceptors (Lipinski definition) is 4. The molecule has 2 aliphatic rings. The highest BCUT2D eigenvalue weighted by Crippen LogP contribution is 2.25. The summed E-state index contributed by atoms with van der Waals surface area (Å²) < 4.78 is 5.37. The fourth-order valence-electron chi connectivity index (χ4n) is 3.90. The van der Waals surface area contributed by atoms with Crippen LogP contribution in [-0.2, 0) is 9.53 Å². The molecule has 2 fully saturated rings. The average Bonchev–Trinajstić information content (AvgIpc) is 3.17. The largest absolute Gasteiger partial charge is 0.381 e. The molecule has 3 N–H and O–H groups in total. The number of carbonyl (C=O) groups excluding carboxylic acids is 1. The van der Waals surface area contributed by atoms with E-state index in [4.69, 9.17) is 10.5 Å². The number of nitrogens with zero attached hydrogens (tertiary/aromatic N) is 1. The average molecular weight is 418 g/mol. The molecule has 0 aromatic heterocycles. The van der Waals surface area contributed by atoms with Gasteiger partial charge < -0.3 is 15.8 Å². The van der Waals surface area contributed by atoms with Crippen LogP contribution in [0.4, 0.5) is 0 Å². The quantitative estimate of drug-likeness (QED) is 0.746. The number of likely N-dealkylation sites (tertiary alicyclic amines) is 1. The Labute approximate surface area is 175 Å². The Balaban J connectivity index is 0.00000182. The van der Waals surface area contributed by atoms with Crippen LogP contribution in [0.1, 0.15) is 42.9 Å². The molecule has 1 aromatic rings. The summed E-state index contributed by atoms with van der Waals surface area (Å²) in [5, 5.41) is 3.12. The van der Waals surface area contributed by atoms with E-state index in [9.17, 15) is 4.79 Å². The van der Waals surface area contributed by atoms with E-state index in [1.807, 2.05) is 0 Å². The smallest absolute Gasteiger partial charge is 0.237 e. The maximum Gasteiger partial charge on any atom is 0.237 e. The molecule has 2 unspecified atom stereocenters. The van der Waals surface area contributed by atoms with Crippen molar-refractivity contribution >= 4 is 30.7 Å². The van der Waals surface area contributed by atoms with Crippen LogP contribution < -0.4 is 11.1 Å². The lowest BCUT2D eigenvalue weighted by Crippen LogP contribution is -2.49. The number of aryl methyl sites for hydroxylation is 1. The minimum absolute atomic E-state index is 0. The normalized spacial score (nSPS) is 20.2. The van der Waals surface area contributed by atoms with Gasteiger partial charge in [-0.3, -0.25) is 9.69 Å². The molecule has 0 radical (unpaired) electrons. The first-order valence-corrected chi connectivity index (χ1v) is 9.57. The fourth-order valence-corrected chi connectivity index (χ4v) is 3.90. The first-order valence-electron chi connectivity index (χ1n) is 9.57. The monoisotopic (exact) mass is 417 g/mol. The van der Waals surface area contributed by atoms with E-state index in [-0.39, 0.29) is 42.7 Å². The van der Waals surface area contributed by atoms with Crippen LogP contribution in [0, 0.1) is 12.8 Å². The molecule has 5 nitrogen and oxygen atoms in total. The first kappa shape index (κ1) is 24.2. The standard InChI is InChI=1S/C20H31N3O2.2ClH/c1-15-4-6-16(7-5-15)18(23-10-2-3-11-23)14-22-20(24)19(21)17-8-12-25-13-9-17;;/h4-7,17-19H,2-3,8-14,21H2,1H3,(H,22,24);2*1H. The summed E-state index contributed by atoms with van der Waals surface area (Å²) in [6, 6.07) is 8.46. The molecule has 3 rings (SSSR count). The van der Waals surface area contributed by atoms with Crippen molar-refractivity contribution in [3.8, 4) is 0 Å². The van der Waals surface area contributed by atoms with E-state index in [2.05, 4.69) is 41.4 Å². The molecule has 27 heavy (non-hydrogen) atoms. The van der Waals surface area contributed by atoms with Gasteiger partial charge in [0.1, 0.15) is 0 Å². The number of carbonyl (C=O) groups is 1. The van der Waals surface area contributed by atoms with Crippen molar-refractivity contribution in [2.45, 2.75) is 44.7 Å². The Hall–Kier alpha value is -0.850. The summed E-state index contributed by atoms with van der Waals surface area (Å²) >= 11 is 0. The van der Waals surface area contributed by atoms with Gasteiger partial charge in [-0.1, -0.05) is 29.8 Å². The third-order valence-electron chi connectivity index (χ3n) is 5.59. The van der Waals surface area contributed by atoms with Crippen molar-refractivity contribution in [1.29, 1.82) is 0 Å². The van der Waals surface area contributed by atoms with Crippen LogP contribution in [0.2, 0.25) is 0 Å². The van der Waals surface area contributed by atoms with Crippen LogP contribution in [0.5, 0.6) is 0 Å². The van der Waals surface area contributed by atoms with E-state index < -0.39 is 6.04 Å². The lowest BCUT2D eigenvalue weighted by molar-refractivity contribution is -0.124. The van der Waals surface area contributed by atoms with Crippen molar-refractivity contribution < 1.29 is 9.53 Å². The molecule has 1 amide bonds. The van der Waals surface area contributed by atoms with E-state index in [0.717, 1.165) is 25.9 Å². The van der Waals surface area contributed by atoms with Crippen molar-refractivity contribution in [3.63, 3.8) is 0 Å². The maximum absolute atomic E-state index is 12.6. The Morgan fingerprint density at radius 3 is 2.37 bits per heavy atom. The van der Waals surface area contributed by atoms with Gasteiger partial charge in [-0.2, -0.15) is 0 Å². The zero-order valence-corrected chi connectivity index (χ0v) is 17.7. The summed E-state index contributed by atoms with van der Waals surface area (Å²) in [5.41, 5.74) is 8.74. The maximum atomic E-state index is 12.6. The Morgan fingerprint density at radius 2 is 1.78 bits per heavy atom. The fraction of sp³-hybridized carbons (Fsp3) is 0.650. The molecule has 1 aromatic carbocycles. The second kappa shape index (κ2) is 11.9. The van der Waals surface area contributed by atoms with Crippen LogP contribution in [0.3, 0.4) is 0 Å². The van der Waals surface area contributed by atoms with Gasteiger partial charge in [0.25, 0.3) is 0 Å². The molecule has 0 saturated carbocycles. The highest BCUT2D eigenvalue weighted by atomic mass is 35.5. The highest BCUT2D eigenvalue weighted by Gasteiger charge is 2.28. The van der Waals surface area contributed by atoms with E-state index in [0.29, 0.717) is 19.8 Å². The molecule has 7 heteroatoms. The second-order valence-corrected chi connectivity index (χ2v) is 7.39. The van der Waals surface area contributed by atoms with Gasteiger partial charge in [-0.25, -0.2) is 0 Å². The van der Waals surface area contributed by atoms with E-state index in [1.54, 1.807) is 0 Å². The summed E-state index contributed by atoms with van der Waals surface area (Å²) in [4.78, 5) is 15.0. The van der Waals surface area contributed by atoms with Gasteiger partial charge in [-0.15, -0.1) is 24.8 Å². The number of nitrogens with two attached hydrogens (primary N) is 1. The molecule has 2 saturated heterocycles. The molecule has 2 heterocycles. The zero-order chi connectivity index (χ0) is 17.6. The molecule has 2 aliphatic heterocycles. The molecular formula is C20H33Cl2N3O2. The summed E-state index contributed by atoms with van der Waals surface area (Å²) in [6.07, 6.45) is 4.22. The lowest BCUT2D eigenvalue weighted by Gasteiger charge is -2.30. The number of nitrogens with one attached hydrogen (secondary N) is 1. The number of rotatable bonds is 6. The minimum atomic E-state index is -0.429. The Kier molecular flexibility index (Phi) is 10.6. The van der Waals surface area contributed by atoms with Crippen LogP contribution >= 0.6 is 24.8 Å². The second-order valence-electron chi connectivity index (χ2n) is 7.39. The topological polar surface area (TPSA) is 67.6 Å². The van der Waals surface area contributed by atoms with Gasteiger partial charge in [0.2, 0.25) is 5.91 Å². The number of amides is 1. The van der Waals surface area contributed by atoms with Crippen LogP contribution in [-0.4, -0.2) is 49.7 Å². The first-order chi connectivity index (χ1) is 12.1. The third-order valence-corrected chi connectivity index (χ3v) is 5.59. The highest BCUT2D eigenvalue weighted by molar-refractivity contribution is 5.85. The minimum Gasteiger partial charge on any atom is -0.381 e. The predicted octanol–water partition coefficient (Wildman–Crippen LogP) is 2.85. The van der Waals surface area contributed by atoms with Gasteiger partial charge in [0.05, 0.1) is 12.1 Å². The summed E-state index contributed by atoms with van der Waals surface area (Å²) in [5.74, 6) is 0.210. The van der Waals surface area contributed by atoms with Crippen LogP contribution in [0.25, 0.3) is 0 Å². The third kappa shape index (κ3) is 6.61. The Morgan fingerprint density at radius 1 is 1.19 bits per heavy atom. The van der Waals surface area contributed by atoms with Gasteiger partial charge in [0.15, 0.2) is 0 Å². The lowest BCUT2D eigenvalue weighted by atomic mass is 9.92. The number of halogens is 2. The summed E-state index contributed by atoms with van der Waals surface area (Å²) in [7, 11) is 0. The molecule has 154 valence electrons. The summed E-state index contributed by atoms with van der Waals surface area (Å²) in [6.45, 7) is 6.35. The number of hydrogen-bond donors (Lipinski definition) is 2. The van der Waals surface area contributed by atoms with Crippen molar-refractivity contribution in [2.75, 3.05) is 32.8 Å².